The summed E-state index contributed by atoms with van der Waals surface area (Å²) in [4.78, 5) is 10.7. The third-order valence-electron chi connectivity index (χ3n) is 2.50. The molecular weight excluding hydrogens is 242 g/mol. The molecule has 1 aromatic heterocycles. The monoisotopic (exact) mass is 261 g/mol. The number of hydrogen-bond donors (Lipinski definition) is 1. The van der Waals surface area contributed by atoms with Crippen LogP contribution in [0.5, 0.6) is 5.88 Å². The number of rotatable bonds is 7. The van der Waals surface area contributed by atoms with E-state index in [4.69, 9.17) is 4.74 Å². The maximum atomic E-state index is 10.7. The summed E-state index contributed by atoms with van der Waals surface area (Å²) in [5, 5.41) is 7.02. The predicted molar refractivity (Wildman–Crippen MR) is 77.1 cm³/mol. The molecule has 102 valence electrons. The van der Waals surface area contributed by atoms with E-state index in [0.29, 0.717) is 24.7 Å². The van der Waals surface area contributed by atoms with Gasteiger partial charge >= 0.3 is 0 Å². The summed E-state index contributed by atoms with van der Waals surface area (Å²) < 4.78 is 7.08. The summed E-state index contributed by atoms with van der Waals surface area (Å²) in [5.41, 5.74) is 1.61. The lowest BCUT2D eigenvalue weighted by molar-refractivity contribution is -0.105. The van der Waals surface area contributed by atoms with Crippen LogP contribution in [0.4, 0.5) is 5.82 Å². The summed E-state index contributed by atoms with van der Waals surface area (Å²) in [7, 11) is 0. The highest BCUT2D eigenvalue weighted by molar-refractivity contribution is 5.76. The number of hydrogen-bond acceptors (Lipinski definition) is 3. The van der Waals surface area contributed by atoms with Gasteiger partial charge in [0, 0.05) is 0 Å². The van der Waals surface area contributed by atoms with Crippen molar-refractivity contribution in [2.75, 3.05) is 11.9 Å². The van der Waals surface area contributed by atoms with Crippen molar-refractivity contribution in [2.24, 2.45) is 0 Å². The first-order chi connectivity index (χ1) is 9.19. The fraction of sp³-hybridized carbons (Fsp3) is 0.286. The maximum absolute atomic E-state index is 10.7. The summed E-state index contributed by atoms with van der Waals surface area (Å²) in [6.45, 7) is 9.79. The number of carbonyl (C=O) groups is 1. The lowest BCUT2D eigenvalue weighted by Crippen LogP contribution is -2.05. The molecule has 0 aliphatic rings. The van der Waals surface area contributed by atoms with Crippen LogP contribution in [0, 0.1) is 6.92 Å². The summed E-state index contributed by atoms with van der Waals surface area (Å²) in [6.07, 6.45) is 7.84. The number of ether oxygens (including phenoxy) is 1. The lowest BCUT2D eigenvalue weighted by atomic mass is 10.3. The van der Waals surface area contributed by atoms with E-state index in [9.17, 15) is 4.79 Å². The van der Waals surface area contributed by atoms with Gasteiger partial charge in [0.15, 0.2) is 0 Å². The van der Waals surface area contributed by atoms with E-state index >= 15 is 0 Å². The SMILES string of the molecule is C=C/C=C\C(=C/C)n1nc(OCC)c(C)c1NC=O. The van der Waals surface area contributed by atoms with Crippen molar-refractivity contribution in [3.05, 3.63) is 36.4 Å². The van der Waals surface area contributed by atoms with Gasteiger partial charge in [0.1, 0.15) is 5.82 Å². The molecule has 0 aromatic carbocycles. The second-order valence-corrected chi connectivity index (χ2v) is 3.69. The smallest absolute Gasteiger partial charge is 0.238 e. The molecule has 0 spiro atoms. The number of aromatic nitrogens is 2. The Morgan fingerprint density at radius 2 is 2.32 bits per heavy atom. The average molecular weight is 261 g/mol. The first-order valence-electron chi connectivity index (χ1n) is 6.07. The van der Waals surface area contributed by atoms with E-state index in [-0.39, 0.29) is 0 Å². The van der Waals surface area contributed by atoms with E-state index < -0.39 is 0 Å². The van der Waals surface area contributed by atoms with Crippen LogP contribution >= 0.6 is 0 Å². The van der Waals surface area contributed by atoms with Crippen LogP contribution in [0.25, 0.3) is 5.70 Å². The molecule has 0 fully saturated rings. The van der Waals surface area contributed by atoms with Crippen molar-refractivity contribution in [3.8, 4) is 5.88 Å². The van der Waals surface area contributed by atoms with Crippen molar-refractivity contribution in [3.63, 3.8) is 0 Å². The van der Waals surface area contributed by atoms with Crippen LogP contribution < -0.4 is 10.1 Å². The van der Waals surface area contributed by atoms with E-state index in [1.807, 2.05) is 32.9 Å². The molecule has 0 aliphatic carbocycles. The number of nitrogens with one attached hydrogen (secondary N) is 1. The van der Waals surface area contributed by atoms with E-state index in [1.165, 1.54) is 0 Å². The molecule has 1 amide bonds. The largest absolute Gasteiger partial charge is 0.477 e. The second kappa shape index (κ2) is 7.20. The molecule has 0 atom stereocenters. The van der Waals surface area contributed by atoms with Crippen molar-refractivity contribution in [2.45, 2.75) is 20.8 Å². The Morgan fingerprint density at radius 1 is 1.58 bits per heavy atom. The highest BCUT2D eigenvalue weighted by atomic mass is 16.5. The Balaban J connectivity index is 3.30. The molecule has 1 aromatic rings. The molecule has 0 unspecified atom stereocenters. The number of allylic oxidation sites excluding steroid dienone is 5. The van der Waals surface area contributed by atoms with E-state index in [0.717, 1.165) is 11.3 Å². The topological polar surface area (TPSA) is 56.1 Å². The number of carbonyl (C=O) groups excluding carboxylic acids is 1. The Labute approximate surface area is 113 Å². The van der Waals surface area contributed by atoms with Gasteiger partial charge in [0.05, 0.1) is 17.9 Å². The van der Waals surface area contributed by atoms with Crippen LogP contribution in [0.2, 0.25) is 0 Å². The Morgan fingerprint density at radius 3 is 2.84 bits per heavy atom. The molecule has 1 N–H and O–H groups in total. The molecule has 19 heavy (non-hydrogen) atoms. The van der Waals surface area contributed by atoms with E-state index in [1.54, 1.807) is 16.8 Å². The third kappa shape index (κ3) is 3.34. The first kappa shape index (κ1) is 14.8. The Kier molecular flexibility index (Phi) is 5.60. The van der Waals surface area contributed by atoms with Crippen molar-refractivity contribution < 1.29 is 9.53 Å². The van der Waals surface area contributed by atoms with Gasteiger partial charge in [-0.25, -0.2) is 4.68 Å². The number of anilines is 1. The van der Waals surface area contributed by atoms with Gasteiger partial charge in [-0.3, -0.25) is 4.79 Å². The third-order valence-corrected chi connectivity index (χ3v) is 2.50. The minimum atomic E-state index is 0.512. The first-order valence-corrected chi connectivity index (χ1v) is 6.07. The van der Waals surface area contributed by atoms with Gasteiger partial charge in [-0.05, 0) is 26.8 Å². The standard InChI is InChI=1S/C14H19N3O2/c1-5-8-9-12(6-2)17-13(15-10-18)11(4)14(16-17)19-7-3/h5-6,8-10H,1,7H2,2-4H3,(H,15,18)/b9-8-,12-6+. The fourth-order valence-electron chi connectivity index (χ4n) is 1.62. The summed E-state index contributed by atoms with van der Waals surface area (Å²) in [6, 6.07) is 0. The van der Waals surface area contributed by atoms with Crippen molar-refractivity contribution in [1.82, 2.24) is 9.78 Å². The molecule has 0 saturated heterocycles. The quantitative estimate of drug-likeness (QED) is 0.606. The van der Waals surface area contributed by atoms with Crippen LogP contribution in [0.15, 0.2) is 30.9 Å². The van der Waals surface area contributed by atoms with Gasteiger partial charge in [0.25, 0.3) is 0 Å². The lowest BCUT2D eigenvalue weighted by Gasteiger charge is -2.06. The van der Waals surface area contributed by atoms with Gasteiger partial charge in [-0.15, -0.1) is 5.10 Å². The van der Waals surface area contributed by atoms with Gasteiger partial charge in [0.2, 0.25) is 12.3 Å². The van der Waals surface area contributed by atoms with Crippen LogP contribution in [0.1, 0.15) is 19.4 Å². The molecule has 1 rings (SSSR count). The van der Waals surface area contributed by atoms with Gasteiger partial charge in [-0.2, -0.15) is 0 Å². The summed E-state index contributed by atoms with van der Waals surface area (Å²) in [5.74, 6) is 1.11. The highest BCUT2D eigenvalue weighted by Crippen LogP contribution is 2.27. The molecule has 0 aliphatic heterocycles. The minimum absolute atomic E-state index is 0.512. The zero-order valence-electron chi connectivity index (χ0n) is 11.5. The molecular formula is C14H19N3O2. The van der Waals surface area contributed by atoms with E-state index in [2.05, 4.69) is 17.0 Å². The van der Waals surface area contributed by atoms with Crippen molar-refractivity contribution >= 4 is 17.9 Å². The van der Waals surface area contributed by atoms with Gasteiger partial charge in [-0.1, -0.05) is 24.8 Å². The zero-order valence-corrected chi connectivity index (χ0v) is 11.5. The minimum Gasteiger partial charge on any atom is -0.477 e. The van der Waals surface area contributed by atoms with Gasteiger partial charge < -0.3 is 10.1 Å². The maximum Gasteiger partial charge on any atom is 0.238 e. The molecule has 1 heterocycles. The molecule has 5 heteroatoms. The van der Waals surface area contributed by atoms with Crippen LogP contribution in [-0.2, 0) is 4.79 Å². The summed E-state index contributed by atoms with van der Waals surface area (Å²) >= 11 is 0. The predicted octanol–water partition coefficient (Wildman–Crippen LogP) is 2.76. The second-order valence-electron chi connectivity index (χ2n) is 3.69. The Bertz CT molecular complexity index is 513. The number of nitrogens with zero attached hydrogens (tertiary/aromatic N) is 2. The van der Waals surface area contributed by atoms with Crippen molar-refractivity contribution in [1.29, 1.82) is 0 Å². The molecule has 0 radical (unpaired) electrons. The fourth-order valence-corrected chi connectivity index (χ4v) is 1.62. The number of amides is 1. The van der Waals surface area contributed by atoms with Crippen LogP contribution in [-0.4, -0.2) is 22.8 Å². The Hall–Kier alpha value is -2.30. The molecule has 5 nitrogen and oxygen atoms in total. The molecule has 0 saturated carbocycles. The molecule has 0 bridgehead atoms. The average Bonchev–Trinajstić information content (AvgIpc) is 2.70. The highest BCUT2D eigenvalue weighted by Gasteiger charge is 2.16. The normalized spacial score (nSPS) is 11.6. The van der Waals surface area contributed by atoms with Crippen LogP contribution in [0.3, 0.4) is 0 Å². The zero-order chi connectivity index (χ0) is 14.3.